The SMILES string of the molecule is CSOc1cccc(S(=O)(=O)Nc2cccc(S(=O)(=O)[O-])c2)c1. The zero-order valence-corrected chi connectivity index (χ0v) is 14.2. The number of nitrogens with one attached hydrogen (secondary N) is 1. The fraction of sp³-hybridized carbons (Fsp3) is 0.0769. The van der Waals surface area contributed by atoms with Gasteiger partial charge in [0, 0.05) is 12.3 Å². The van der Waals surface area contributed by atoms with Crippen LogP contribution in [0.4, 0.5) is 5.69 Å². The Bertz CT molecular complexity index is 909. The topological polar surface area (TPSA) is 113 Å². The summed E-state index contributed by atoms with van der Waals surface area (Å²) in [5.41, 5.74) is -0.0295. The lowest BCUT2D eigenvalue weighted by Crippen LogP contribution is -2.13. The zero-order valence-electron chi connectivity index (χ0n) is 11.8. The molecule has 0 saturated carbocycles. The van der Waals surface area contributed by atoms with E-state index in [0.29, 0.717) is 5.75 Å². The molecule has 0 heterocycles. The van der Waals surface area contributed by atoms with Gasteiger partial charge < -0.3 is 8.74 Å². The maximum Gasteiger partial charge on any atom is 0.262 e. The lowest BCUT2D eigenvalue weighted by atomic mass is 10.3. The first-order chi connectivity index (χ1) is 10.7. The van der Waals surface area contributed by atoms with Crippen LogP contribution >= 0.6 is 12.0 Å². The van der Waals surface area contributed by atoms with Gasteiger partial charge in [0.2, 0.25) is 0 Å². The molecular formula is C13H12NO6S3-. The van der Waals surface area contributed by atoms with Gasteiger partial charge in [0.1, 0.15) is 15.9 Å². The molecule has 23 heavy (non-hydrogen) atoms. The zero-order chi connectivity index (χ0) is 17.1. The van der Waals surface area contributed by atoms with Crippen LogP contribution in [0.2, 0.25) is 0 Å². The monoisotopic (exact) mass is 374 g/mol. The van der Waals surface area contributed by atoms with Crippen LogP contribution in [0.15, 0.2) is 58.3 Å². The van der Waals surface area contributed by atoms with Crippen molar-refractivity contribution in [3.05, 3.63) is 48.5 Å². The third-order valence-corrected chi connectivity index (χ3v) is 5.24. The van der Waals surface area contributed by atoms with E-state index < -0.39 is 25.0 Å². The summed E-state index contributed by atoms with van der Waals surface area (Å²) < 4.78 is 65.0. The van der Waals surface area contributed by atoms with E-state index in [2.05, 4.69) is 4.72 Å². The van der Waals surface area contributed by atoms with Crippen LogP contribution in [0.5, 0.6) is 5.75 Å². The molecule has 0 radical (unpaired) electrons. The molecule has 0 bridgehead atoms. The van der Waals surface area contributed by atoms with Gasteiger partial charge in [0.05, 0.1) is 27.5 Å². The van der Waals surface area contributed by atoms with Crippen molar-refractivity contribution in [3.8, 4) is 5.75 Å². The minimum atomic E-state index is -4.67. The molecule has 0 aliphatic carbocycles. The summed E-state index contributed by atoms with van der Waals surface area (Å²) in [6, 6.07) is 10.5. The summed E-state index contributed by atoms with van der Waals surface area (Å²) in [5.74, 6) is 0.358. The van der Waals surface area contributed by atoms with Crippen LogP contribution in [-0.2, 0) is 20.1 Å². The van der Waals surface area contributed by atoms with Crippen molar-refractivity contribution in [2.24, 2.45) is 0 Å². The van der Waals surface area contributed by atoms with Gasteiger partial charge in [-0.25, -0.2) is 16.8 Å². The number of rotatable bonds is 6. The molecule has 2 aromatic carbocycles. The Morgan fingerprint density at radius 1 is 1.00 bits per heavy atom. The van der Waals surface area contributed by atoms with E-state index in [0.717, 1.165) is 24.2 Å². The lowest BCUT2D eigenvalue weighted by molar-refractivity contribution is 0.463. The molecule has 0 aliphatic heterocycles. The Balaban J connectivity index is 2.33. The van der Waals surface area contributed by atoms with Gasteiger partial charge in [0.25, 0.3) is 10.0 Å². The van der Waals surface area contributed by atoms with Crippen molar-refractivity contribution in [1.82, 2.24) is 0 Å². The van der Waals surface area contributed by atoms with Gasteiger partial charge in [-0.1, -0.05) is 12.1 Å². The summed E-state index contributed by atoms with van der Waals surface area (Å²) in [6.07, 6.45) is 1.69. The van der Waals surface area contributed by atoms with Gasteiger partial charge in [-0.2, -0.15) is 0 Å². The van der Waals surface area contributed by atoms with Crippen molar-refractivity contribution in [3.63, 3.8) is 0 Å². The normalized spacial score (nSPS) is 11.9. The number of hydrogen-bond acceptors (Lipinski definition) is 7. The minimum absolute atomic E-state index is 0.0295. The van der Waals surface area contributed by atoms with Crippen LogP contribution in [0.25, 0.3) is 0 Å². The van der Waals surface area contributed by atoms with E-state index in [9.17, 15) is 21.4 Å². The first kappa shape index (κ1) is 17.6. The highest BCUT2D eigenvalue weighted by molar-refractivity contribution is 7.94. The first-order valence-corrected chi connectivity index (χ1v) is 10.2. The Morgan fingerprint density at radius 2 is 1.65 bits per heavy atom. The molecule has 2 rings (SSSR count). The van der Waals surface area contributed by atoms with Crippen LogP contribution in [-0.4, -0.2) is 27.6 Å². The molecule has 0 unspecified atom stereocenters. The Labute approximate surface area is 138 Å². The quantitative estimate of drug-likeness (QED) is 0.608. The third-order valence-electron chi connectivity index (χ3n) is 2.67. The minimum Gasteiger partial charge on any atom is -0.744 e. The Morgan fingerprint density at radius 3 is 2.30 bits per heavy atom. The number of benzene rings is 2. The molecule has 124 valence electrons. The van der Waals surface area contributed by atoms with Crippen LogP contribution in [0, 0.1) is 0 Å². The molecule has 1 N–H and O–H groups in total. The number of hydrogen-bond donors (Lipinski definition) is 1. The fourth-order valence-corrected chi connectivity index (χ4v) is 3.62. The molecule has 0 amide bonds. The summed E-state index contributed by atoms with van der Waals surface area (Å²) in [4.78, 5) is -0.573. The maximum atomic E-state index is 12.3. The lowest BCUT2D eigenvalue weighted by Gasteiger charge is -2.12. The average Bonchev–Trinajstić information content (AvgIpc) is 2.47. The van der Waals surface area contributed by atoms with Gasteiger partial charge >= 0.3 is 0 Å². The predicted molar refractivity (Wildman–Crippen MR) is 85.8 cm³/mol. The fourth-order valence-electron chi connectivity index (χ4n) is 1.72. The van der Waals surface area contributed by atoms with Gasteiger partial charge in [-0.05, 0) is 30.3 Å². The predicted octanol–water partition coefficient (Wildman–Crippen LogP) is 2.05. The second-order valence-electron chi connectivity index (χ2n) is 4.31. The Hall–Kier alpha value is -1.75. The van der Waals surface area contributed by atoms with Crippen LogP contribution in [0.1, 0.15) is 0 Å². The number of sulfonamides is 1. The molecule has 7 nitrogen and oxygen atoms in total. The smallest absolute Gasteiger partial charge is 0.262 e. The second-order valence-corrected chi connectivity index (χ2v) is 7.87. The highest BCUT2D eigenvalue weighted by Gasteiger charge is 2.16. The molecule has 2 aromatic rings. The largest absolute Gasteiger partial charge is 0.744 e. The first-order valence-electron chi connectivity index (χ1n) is 6.12. The van der Waals surface area contributed by atoms with E-state index in [1.807, 2.05) is 0 Å². The molecule has 0 saturated heterocycles. The molecular weight excluding hydrogens is 362 g/mol. The molecule has 10 heteroatoms. The third kappa shape index (κ3) is 4.61. The highest BCUT2D eigenvalue weighted by Crippen LogP contribution is 2.23. The molecule has 0 aromatic heterocycles. The van der Waals surface area contributed by atoms with Crippen molar-refractivity contribution in [2.45, 2.75) is 9.79 Å². The molecule has 0 spiro atoms. The van der Waals surface area contributed by atoms with Crippen molar-refractivity contribution >= 4 is 37.9 Å². The number of anilines is 1. The van der Waals surface area contributed by atoms with E-state index in [1.165, 1.54) is 30.3 Å². The summed E-state index contributed by atoms with van der Waals surface area (Å²) in [7, 11) is -8.62. The van der Waals surface area contributed by atoms with Crippen LogP contribution in [0.3, 0.4) is 0 Å². The van der Waals surface area contributed by atoms with E-state index >= 15 is 0 Å². The summed E-state index contributed by atoms with van der Waals surface area (Å²) in [6.45, 7) is 0. The van der Waals surface area contributed by atoms with Gasteiger partial charge in [0.15, 0.2) is 0 Å². The van der Waals surface area contributed by atoms with Gasteiger partial charge in [-0.15, -0.1) is 0 Å². The highest BCUT2D eigenvalue weighted by atomic mass is 32.2. The average molecular weight is 374 g/mol. The molecule has 0 atom stereocenters. The van der Waals surface area contributed by atoms with Crippen molar-refractivity contribution < 1.29 is 25.6 Å². The molecule has 0 aliphatic rings. The van der Waals surface area contributed by atoms with E-state index in [4.69, 9.17) is 4.18 Å². The summed E-state index contributed by atoms with van der Waals surface area (Å²) in [5, 5.41) is 0. The Kier molecular flexibility index (Phi) is 5.19. The van der Waals surface area contributed by atoms with E-state index in [-0.39, 0.29) is 10.6 Å². The maximum absolute atomic E-state index is 12.3. The molecule has 0 fully saturated rings. The second kappa shape index (κ2) is 6.79. The van der Waals surface area contributed by atoms with Crippen LogP contribution < -0.4 is 8.91 Å². The van der Waals surface area contributed by atoms with Crippen molar-refractivity contribution in [1.29, 1.82) is 0 Å². The standard InChI is InChI=1S/C13H13NO6S3/c1-21-20-11-5-3-6-12(9-11)22(15,16)14-10-4-2-7-13(8-10)23(17,18)19/h2-9,14H,1H3,(H,17,18,19)/p-1. The van der Waals surface area contributed by atoms with Gasteiger partial charge in [-0.3, -0.25) is 4.72 Å². The van der Waals surface area contributed by atoms with E-state index in [1.54, 1.807) is 12.3 Å². The van der Waals surface area contributed by atoms with Crippen molar-refractivity contribution in [2.75, 3.05) is 11.0 Å². The summed E-state index contributed by atoms with van der Waals surface area (Å²) >= 11 is 1.07.